The molecule has 1 aromatic carbocycles. The second kappa shape index (κ2) is 9.50. The van der Waals surface area contributed by atoms with Crippen molar-refractivity contribution in [3.8, 4) is 0 Å². The summed E-state index contributed by atoms with van der Waals surface area (Å²) in [6, 6.07) is 5.30. The van der Waals surface area contributed by atoms with E-state index in [-0.39, 0.29) is 40.8 Å². The maximum Gasteiger partial charge on any atom is 0.292 e. The number of hydrogen-bond donors (Lipinski definition) is 2. The van der Waals surface area contributed by atoms with Crippen LogP contribution in [0.5, 0.6) is 0 Å². The van der Waals surface area contributed by atoms with E-state index in [1.807, 2.05) is 6.07 Å². The lowest BCUT2D eigenvalue weighted by Crippen LogP contribution is -2.58. The molecule has 2 N–H and O–H groups in total. The van der Waals surface area contributed by atoms with Gasteiger partial charge in [0.1, 0.15) is 5.69 Å². The van der Waals surface area contributed by atoms with Gasteiger partial charge in [-0.1, -0.05) is 6.07 Å². The molecule has 1 aromatic rings. The van der Waals surface area contributed by atoms with E-state index in [2.05, 4.69) is 43.2 Å². The Morgan fingerprint density at radius 1 is 1.31 bits per heavy atom. The van der Waals surface area contributed by atoms with Gasteiger partial charge in [-0.05, 0) is 39.3 Å². The largest absolute Gasteiger partial charge is 0.383 e. The molecular formula is C18H31ClN4O3. The Morgan fingerprint density at radius 2 is 1.92 bits per heavy atom. The van der Waals surface area contributed by atoms with Crippen LogP contribution in [0.4, 0.5) is 11.4 Å². The van der Waals surface area contributed by atoms with Gasteiger partial charge in [-0.2, -0.15) is 0 Å². The summed E-state index contributed by atoms with van der Waals surface area (Å²) < 4.78 is 5.81. The molecule has 26 heavy (non-hydrogen) atoms. The lowest BCUT2D eigenvalue weighted by Gasteiger charge is -2.45. The minimum atomic E-state index is -0.351. The molecule has 2 unspecified atom stereocenters. The number of morpholine rings is 1. The van der Waals surface area contributed by atoms with Crippen LogP contribution >= 0.6 is 12.4 Å². The zero-order valence-electron chi connectivity index (χ0n) is 16.2. The van der Waals surface area contributed by atoms with Crippen molar-refractivity contribution < 1.29 is 9.66 Å². The first-order valence-corrected chi connectivity index (χ1v) is 8.79. The predicted octanol–water partition coefficient (Wildman–Crippen LogP) is 3.04. The van der Waals surface area contributed by atoms with Crippen molar-refractivity contribution in [3.05, 3.63) is 33.9 Å². The molecule has 7 nitrogen and oxygen atoms in total. The number of anilines is 1. The van der Waals surface area contributed by atoms with Gasteiger partial charge >= 0.3 is 0 Å². The highest BCUT2D eigenvalue weighted by atomic mass is 35.5. The monoisotopic (exact) mass is 386 g/mol. The Bertz CT molecular complexity index is 602. The van der Waals surface area contributed by atoms with Gasteiger partial charge in [-0.15, -0.1) is 12.4 Å². The van der Waals surface area contributed by atoms with E-state index >= 15 is 0 Å². The van der Waals surface area contributed by atoms with Crippen molar-refractivity contribution in [2.75, 3.05) is 32.0 Å². The van der Waals surface area contributed by atoms with Crippen LogP contribution in [0.3, 0.4) is 0 Å². The highest BCUT2D eigenvalue weighted by Gasteiger charge is 2.32. The zero-order chi connectivity index (χ0) is 18.6. The number of halogens is 1. The van der Waals surface area contributed by atoms with Crippen molar-refractivity contribution in [1.29, 1.82) is 0 Å². The number of benzene rings is 1. The summed E-state index contributed by atoms with van der Waals surface area (Å²) in [6.07, 6.45) is 0.472. The summed E-state index contributed by atoms with van der Waals surface area (Å²) in [5.41, 5.74) is 1.54. The SMILES string of the molecule is CNc1ccc(CNCC(C)(C)N2CC(C)OC(C)C2)cc1[N+](=O)[O-].Cl. The number of hydrogen-bond acceptors (Lipinski definition) is 6. The molecule has 0 aromatic heterocycles. The Kier molecular flexibility index (Phi) is 8.27. The van der Waals surface area contributed by atoms with E-state index in [9.17, 15) is 10.1 Å². The Labute approximate surface area is 162 Å². The van der Waals surface area contributed by atoms with E-state index in [4.69, 9.17) is 4.74 Å². The lowest BCUT2D eigenvalue weighted by molar-refractivity contribution is -0.384. The van der Waals surface area contributed by atoms with Crippen molar-refractivity contribution in [1.82, 2.24) is 10.2 Å². The molecule has 1 heterocycles. The van der Waals surface area contributed by atoms with Crippen LogP contribution in [0.15, 0.2) is 18.2 Å². The fourth-order valence-corrected chi connectivity index (χ4v) is 3.35. The third-order valence-corrected chi connectivity index (χ3v) is 4.69. The van der Waals surface area contributed by atoms with Crippen molar-refractivity contribution in [3.63, 3.8) is 0 Å². The van der Waals surface area contributed by atoms with Gasteiger partial charge in [-0.3, -0.25) is 15.0 Å². The van der Waals surface area contributed by atoms with Crippen LogP contribution in [0.2, 0.25) is 0 Å². The van der Waals surface area contributed by atoms with Gasteiger partial charge in [0.25, 0.3) is 5.69 Å². The molecular weight excluding hydrogens is 356 g/mol. The fourth-order valence-electron chi connectivity index (χ4n) is 3.35. The third-order valence-electron chi connectivity index (χ3n) is 4.69. The fraction of sp³-hybridized carbons (Fsp3) is 0.667. The van der Waals surface area contributed by atoms with Gasteiger partial charge in [0.2, 0.25) is 0 Å². The third kappa shape index (κ3) is 5.81. The maximum atomic E-state index is 11.2. The Morgan fingerprint density at radius 3 is 2.46 bits per heavy atom. The number of rotatable bonds is 7. The molecule has 0 amide bonds. The van der Waals surface area contributed by atoms with E-state index < -0.39 is 0 Å². The van der Waals surface area contributed by atoms with Gasteiger partial charge in [0, 0.05) is 44.8 Å². The Hall–Kier alpha value is -1.41. The molecule has 2 atom stereocenters. The van der Waals surface area contributed by atoms with E-state index in [1.54, 1.807) is 19.2 Å². The standard InChI is InChI=1S/C18H30N4O3.ClH/c1-13-10-21(11-14(2)25-13)18(3,4)12-20-9-15-6-7-16(19-5)17(8-15)22(23)24;/h6-8,13-14,19-20H,9-12H2,1-5H3;1H. The summed E-state index contributed by atoms with van der Waals surface area (Å²) in [6.45, 7) is 11.9. The summed E-state index contributed by atoms with van der Waals surface area (Å²) in [5.74, 6) is 0. The molecule has 8 heteroatoms. The molecule has 2 rings (SSSR count). The van der Waals surface area contributed by atoms with E-state index in [0.29, 0.717) is 12.2 Å². The maximum absolute atomic E-state index is 11.2. The van der Waals surface area contributed by atoms with Crippen molar-refractivity contribution in [2.45, 2.75) is 52.0 Å². The molecule has 1 aliphatic heterocycles. The summed E-state index contributed by atoms with van der Waals surface area (Å²) in [5, 5.41) is 17.5. The summed E-state index contributed by atoms with van der Waals surface area (Å²) in [4.78, 5) is 13.3. The molecule has 0 spiro atoms. The minimum Gasteiger partial charge on any atom is -0.383 e. The topological polar surface area (TPSA) is 79.7 Å². The summed E-state index contributed by atoms with van der Waals surface area (Å²) >= 11 is 0. The van der Waals surface area contributed by atoms with Gasteiger partial charge in [0.15, 0.2) is 0 Å². The molecule has 0 aliphatic carbocycles. The first-order valence-electron chi connectivity index (χ1n) is 8.79. The van der Waals surface area contributed by atoms with Crippen molar-refractivity contribution >= 4 is 23.8 Å². The average Bonchev–Trinajstić information content (AvgIpc) is 2.53. The molecule has 1 aliphatic rings. The lowest BCUT2D eigenvalue weighted by atomic mass is 10.00. The normalized spacial score (nSPS) is 21.1. The number of nitrogens with one attached hydrogen (secondary N) is 2. The molecule has 0 saturated carbocycles. The number of nitrogens with zero attached hydrogens (tertiary/aromatic N) is 2. The van der Waals surface area contributed by atoms with Crippen LogP contribution in [0, 0.1) is 10.1 Å². The first kappa shape index (κ1) is 22.6. The Balaban J connectivity index is 0.00000338. The van der Waals surface area contributed by atoms with Crippen LogP contribution in [-0.2, 0) is 11.3 Å². The molecule has 0 radical (unpaired) electrons. The zero-order valence-corrected chi connectivity index (χ0v) is 17.1. The second-order valence-corrected chi connectivity index (χ2v) is 7.44. The minimum absolute atomic E-state index is 0. The highest BCUT2D eigenvalue weighted by molar-refractivity contribution is 5.85. The number of nitro benzene ring substituents is 1. The van der Waals surface area contributed by atoms with Crippen LogP contribution < -0.4 is 10.6 Å². The van der Waals surface area contributed by atoms with E-state index in [1.165, 1.54) is 0 Å². The van der Waals surface area contributed by atoms with Gasteiger partial charge in [-0.25, -0.2) is 0 Å². The molecule has 148 valence electrons. The second-order valence-electron chi connectivity index (χ2n) is 7.44. The quantitative estimate of drug-likeness (QED) is 0.554. The number of ether oxygens (including phenoxy) is 1. The van der Waals surface area contributed by atoms with Gasteiger partial charge in [0.05, 0.1) is 17.1 Å². The predicted molar refractivity (Wildman–Crippen MR) is 107 cm³/mol. The van der Waals surface area contributed by atoms with Gasteiger partial charge < -0.3 is 15.4 Å². The highest BCUT2D eigenvalue weighted by Crippen LogP contribution is 2.25. The molecule has 1 fully saturated rings. The van der Waals surface area contributed by atoms with Crippen LogP contribution in [0.1, 0.15) is 33.3 Å². The van der Waals surface area contributed by atoms with Crippen LogP contribution in [0.25, 0.3) is 0 Å². The van der Waals surface area contributed by atoms with Crippen molar-refractivity contribution in [2.24, 2.45) is 0 Å². The average molecular weight is 387 g/mol. The first-order chi connectivity index (χ1) is 11.7. The number of nitro groups is 1. The molecule has 0 bridgehead atoms. The smallest absolute Gasteiger partial charge is 0.292 e. The van der Waals surface area contributed by atoms with Crippen LogP contribution in [-0.4, -0.2) is 54.3 Å². The molecule has 1 saturated heterocycles. The summed E-state index contributed by atoms with van der Waals surface area (Å²) in [7, 11) is 1.69. The van der Waals surface area contributed by atoms with E-state index in [0.717, 1.165) is 25.2 Å².